The molecule has 1 fully saturated rings. The summed E-state index contributed by atoms with van der Waals surface area (Å²) in [4.78, 5) is 15.1. The van der Waals surface area contributed by atoms with Crippen LogP contribution >= 0.6 is 0 Å². The van der Waals surface area contributed by atoms with Gasteiger partial charge in [-0.3, -0.25) is 4.79 Å². The maximum Gasteiger partial charge on any atom is 0.251 e. The number of nitrogens with zero attached hydrogens (tertiary/aromatic N) is 1. The molecule has 0 spiro atoms. The summed E-state index contributed by atoms with van der Waals surface area (Å²) in [7, 11) is -3.70. The van der Waals surface area contributed by atoms with Crippen LogP contribution in [0.5, 0.6) is 0 Å². The van der Waals surface area contributed by atoms with Crippen molar-refractivity contribution in [3.8, 4) is 0 Å². The largest absolute Gasteiger partial charge is 0.348 e. The molecule has 1 saturated heterocycles. The zero-order valence-electron chi connectivity index (χ0n) is 16.8. The van der Waals surface area contributed by atoms with Crippen molar-refractivity contribution in [2.45, 2.75) is 43.7 Å². The Balaban J connectivity index is 1.60. The van der Waals surface area contributed by atoms with Gasteiger partial charge in [-0.25, -0.2) is 13.1 Å². The van der Waals surface area contributed by atoms with E-state index in [2.05, 4.69) is 14.9 Å². The third kappa shape index (κ3) is 6.39. The molecule has 1 unspecified atom stereocenters. The van der Waals surface area contributed by atoms with Crippen LogP contribution in [0.3, 0.4) is 0 Å². The fourth-order valence-electron chi connectivity index (χ4n) is 3.54. The summed E-state index contributed by atoms with van der Waals surface area (Å²) in [6.07, 6.45) is 3.68. The molecule has 6 nitrogen and oxygen atoms in total. The number of hydrogen-bond donors (Lipinski definition) is 2. The number of piperidine rings is 1. The Hall–Kier alpha value is -2.22. The van der Waals surface area contributed by atoms with Gasteiger partial charge in [0.15, 0.2) is 0 Å². The van der Waals surface area contributed by atoms with Crippen LogP contribution in [0.2, 0.25) is 0 Å². The molecule has 1 amide bonds. The molecule has 3 rings (SSSR count). The highest BCUT2D eigenvalue weighted by atomic mass is 32.2. The minimum atomic E-state index is -3.70. The van der Waals surface area contributed by atoms with E-state index in [-0.39, 0.29) is 23.4 Å². The maximum absolute atomic E-state index is 12.6. The molecule has 1 atom stereocenters. The van der Waals surface area contributed by atoms with Crippen molar-refractivity contribution in [2.24, 2.45) is 0 Å². The van der Waals surface area contributed by atoms with Crippen LogP contribution < -0.4 is 10.0 Å². The lowest BCUT2D eigenvalue weighted by Gasteiger charge is -2.29. The Bertz CT molecular complexity index is 910. The number of nitrogens with one attached hydrogen (secondary N) is 2. The number of hydrogen-bond acceptors (Lipinski definition) is 4. The number of sulfonamides is 1. The van der Waals surface area contributed by atoms with Crippen molar-refractivity contribution in [1.82, 2.24) is 14.9 Å². The molecule has 2 aromatic carbocycles. The number of benzene rings is 2. The van der Waals surface area contributed by atoms with Gasteiger partial charge in [0.1, 0.15) is 0 Å². The summed E-state index contributed by atoms with van der Waals surface area (Å²) in [6, 6.07) is 15.5. The van der Waals surface area contributed by atoms with Crippen LogP contribution in [0.1, 0.15) is 42.1 Å². The molecule has 156 valence electrons. The molecule has 2 aromatic rings. The number of rotatable bonds is 8. The molecule has 1 aliphatic heterocycles. The molecule has 0 radical (unpaired) electrons. The van der Waals surface area contributed by atoms with E-state index >= 15 is 0 Å². The first kappa shape index (κ1) is 21.5. The molecule has 0 aromatic heterocycles. The van der Waals surface area contributed by atoms with E-state index in [1.54, 1.807) is 12.1 Å². The van der Waals surface area contributed by atoms with E-state index in [9.17, 15) is 13.2 Å². The topological polar surface area (TPSA) is 78.5 Å². The standard InChI is InChI=1S/C22H29N3O3S/c1-18(17-25-13-6-3-7-14-25)24-22(26)20-11-8-12-21(15-20)29(27,28)23-16-19-9-4-2-5-10-19/h2,4-5,8-12,15,18,23H,3,6-7,13-14,16-17H2,1H3,(H,24,26). The van der Waals surface area contributed by atoms with Crippen LogP contribution in [0.15, 0.2) is 59.5 Å². The van der Waals surface area contributed by atoms with Gasteiger partial charge in [0.2, 0.25) is 10.0 Å². The summed E-state index contributed by atoms with van der Waals surface area (Å²) >= 11 is 0. The van der Waals surface area contributed by atoms with Crippen molar-refractivity contribution in [3.05, 3.63) is 65.7 Å². The first-order valence-corrected chi connectivity index (χ1v) is 11.6. The fraction of sp³-hybridized carbons (Fsp3) is 0.409. The van der Waals surface area contributed by atoms with Gasteiger partial charge in [-0.05, 0) is 56.6 Å². The normalized spacial score (nSPS) is 16.3. The second kappa shape index (κ2) is 10.0. The third-order valence-corrected chi connectivity index (χ3v) is 6.47. The van der Waals surface area contributed by atoms with E-state index in [1.165, 1.54) is 31.4 Å². The Morgan fingerprint density at radius 1 is 1.03 bits per heavy atom. The fourth-order valence-corrected chi connectivity index (χ4v) is 4.61. The summed E-state index contributed by atoms with van der Waals surface area (Å²) < 4.78 is 27.8. The van der Waals surface area contributed by atoms with Gasteiger partial charge in [0.25, 0.3) is 5.91 Å². The van der Waals surface area contributed by atoms with Crippen LogP contribution in [-0.2, 0) is 16.6 Å². The second-order valence-corrected chi connectivity index (χ2v) is 9.34. The predicted octanol–water partition coefficient (Wildman–Crippen LogP) is 2.77. The Morgan fingerprint density at radius 3 is 2.48 bits per heavy atom. The van der Waals surface area contributed by atoms with E-state index < -0.39 is 10.0 Å². The van der Waals surface area contributed by atoms with E-state index in [1.807, 2.05) is 37.3 Å². The first-order chi connectivity index (χ1) is 13.9. The van der Waals surface area contributed by atoms with Crippen molar-refractivity contribution in [3.63, 3.8) is 0 Å². The molecule has 2 N–H and O–H groups in total. The lowest BCUT2D eigenvalue weighted by molar-refractivity contribution is 0.0925. The third-order valence-electron chi connectivity index (χ3n) is 5.07. The lowest BCUT2D eigenvalue weighted by Crippen LogP contribution is -2.43. The first-order valence-electron chi connectivity index (χ1n) is 10.1. The summed E-state index contributed by atoms with van der Waals surface area (Å²) in [6.45, 7) is 5.13. The molecule has 0 aliphatic carbocycles. The second-order valence-electron chi connectivity index (χ2n) is 7.57. The Morgan fingerprint density at radius 2 is 1.76 bits per heavy atom. The summed E-state index contributed by atoms with van der Waals surface area (Å²) in [5.41, 5.74) is 1.22. The average molecular weight is 416 g/mol. The maximum atomic E-state index is 12.6. The SMILES string of the molecule is CC(CN1CCCCC1)NC(=O)c1cccc(S(=O)(=O)NCc2ccccc2)c1. The van der Waals surface area contributed by atoms with Crippen LogP contribution in [0, 0.1) is 0 Å². The van der Waals surface area contributed by atoms with Gasteiger partial charge in [-0.2, -0.15) is 0 Å². The molecule has 1 heterocycles. The molecule has 1 aliphatic rings. The number of carbonyl (C=O) groups is 1. The molecule has 0 saturated carbocycles. The molecule has 7 heteroatoms. The number of likely N-dealkylation sites (tertiary alicyclic amines) is 1. The van der Waals surface area contributed by atoms with E-state index in [0.717, 1.165) is 25.2 Å². The monoisotopic (exact) mass is 415 g/mol. The van der Waals surface area contributed by atoms with Crippen LogP contribution in [0.4, 0.5) is 0 Å². The quantitative estimate of drug-likeness (QED) is 0.695. The lowest BCUT2D eigenvalue weighted by atomic mass is 10.1. The van der Waals surface area contributed by atoms with Crippen molar-refractivity contribution in [1.29, 1.82) is 0 Å². The van der Waals surface area contributed by atoms with Gasteiger partial charge in [-0.1, -0.05) is 42.8 Å². The van der Waals surface area contributed by atoms with Crippen LogP contribution in [-0.4, -0.2) is 44.9 Å². The Kier molecular flexibility index (Phi) is 7.41. The van der Waals surface area contributed by atoms with Crippen molar-refractivity contribution >= 4 is 15.9 Å². The highest BCUT2D eigenvalue weighted by Gasteiger charge is 2.18. The van der Waals surface area contributed by atoms with Gasteiger partial charge in [0, 0.05) is 24.7 Å². The highest BCUT2D eigenvalue weighted by molar-refractivity contribution is 7.89. The van der Waals surface area contributed by atoms with Gasteiger partial charge in [-0.15, -0.1) is 0 Å². The van der Waals surface area contributed by atoms with Gasteiger partial charge >= 0.3 is 0 Å². The zero-order valence-corrected chi connectivity index (χ0v) is 17.6. The van der Waals surface area contributed by atoms with Gasteiger partial charge < -0.3 is 10.2 Å². The van der Waals surface area contributed by atoms with E-state index in [4.69, 9.17) is 0 Å². The number of carbonyl (C=O) groups excluding carboxylic acids is 1. The molecule has 29 heavy (non-hydrogen) atoms. The van der Waals surface area contributed by atoms with E-state index in [0.29, 0.717) is 5.56 Å². The number of amides is 1. The summed E-state index contributed by atoms with van der Waals surface area (Å²) in [5, 5.41) is 2.98. The summed E-state index contributed by atoms with van der Waals surface area (Å²) in [5.74, 6) is -0.255. The predicted molar refractivity (Wildman–Crippen MR) is 114 cm³/mol. The minimum Gasteiger partial charge on any atom is -0.348 e. The average Bonchev–Trinajstić information content (AvgIpc) is 2.74. The molecular formula is C22H29N3O3S. The molecular weight excluding hydrogens is 386 g/mol. The smallest absolute Gasteiger partial charge is 0.251 e. The molecule has 0 bridgehead atoms. The highest BCUT2D eigenvalue weighted by Crippen LogP contribution is 2.13. The zero-order chi connectivity index (χ0) is 20.7. The Labute approximate surface area is 173 Å². The van der Waals surface area contributed by atoms with Crippen LogP contribution in [0.25, 0.3) is 0 Å². The minimum absolute atomic E-state index is 0.00271. The van der Waals surface area contributed by atoms with Gasteiger partial charge in [0.05, 0.1) is 4.90 Å². The van der Waals surface area contributed by atoms with Crippen molar-refractivity contribution < 1.29 is 13.2 Å². The van der Waals surface area contributed by atoms with Crippen molar-refractivity contribution in [2.75, 3.05) is 19.6 Å².